The fourth-order valence-corrected chi connectivity index (χ4v) is 3.10. The fraction of sp³-hybridized carbons (Fsp3) is 0.455. The average molecular weight is 415 g/mol. The third-order valence-electron chi connectivity index (χ3n) is 4.76. The van der Waals surface area contributed by atoms with Crippen molar-refractivity contribution in [2.24, 2.45) is 0 Å². The Morgan fingerprint density at radius 2 is 1.93 bits per heavy atom. The topological polar surface area (TPSA) is 121 Å². The van der Waals surface area contributed by atoms with Gasteiger partial charge in [-0.15, -0.1) is 0 Å². The van der Waals surface area contributed by atoms with Crippen LogP contribution in [0.2, 0.25) is 0 Å². The maximum absolute atomic E-state index is 12.6. The standard InChI is InChI=1S/C22H29N3O5/c1-5-11-30-18-10-9-13(20(26)24-17(8-4)22(28)29)12-15(18)19-23-16(7-3)14(6-2)21(27)25-19/h9-10,12,17H,5-8,11H2,1-4H3,(H,24,26)(H,28,29)(H,23,25,27). The normalized spacial score (nSPS) is 11.7. The molecule has 1 aromatic heterocycles. The van der Waals surface area contributed by atoms with Crippen molar-refractivity contribution < 1.29 is 19.4 Å². The molecule has 8 nitrogen and oxygen atoms in total. The Hall–Kier alpha value is -3.16. The van der Waals surface area contributed by atoms with Crippen LogP contribution in [0, 0.1) is 0 Å². The van der Waals surface area contributed by atoms with E-state index in [9.17, 15) is 19.5 Å². The van der Waals surface area contributed by atoms with Crippen molar-refractivity contribution in [3.63, 3.8) is 0 Å². The molecule has 0 aliphatic rings. The first kappa shape index (κ1) is 23.1. The summed E-state index contributed by atoms with van der Waals surface area (Å²) in [5, 5.41) is 11.7. The van der Waals surface area contributed by atoms with Crippen LogP contribution in [0.15, 0.2) is 23.0 Å². The van der Waals surface area contributed by atoms with Crippen molar-refractivity contribution in [3.8, 4) is 17.1 Å². The third kappa shape index (κ3) is 5.25. The van der Waals surface area contributed by atoms with Gasteiger partial charge in [0.1, 0.15) is 17.6 Å². The van der Waals surface area contributed by atoms with Crippen LogP contribution in [0.5, 0.6) is 5.75 Å². The molecule has 0 aliphatic heterocycles. The van der Waals surface area contributed by atoms with Gasteiger partial charge in [0.05, 0.1) is 17.9 Å². The van der Waals surface area contributed by atoms with Gasteiger partial charge in [-0.25, -0.2) is 9.78 Å². The van der Waals surface area contributed by atoms with Gasteiger partial charge in [-0.2, -0.15) is 0 Å². The van der Waals surface area contributed by atoms with Crippen LogP contribution < -0.4 is 15.6 Å². The van der Waals surface area contributed by atoms with Crippen LogP contribution in [-0.4, -0.2) is 39.6 Å². The van der Waals surface area contributed by atoms with Gasteiger partial charge in [0, 0.05) is 11.1 Å². The monoisotopic (exact) mass is 415 g/mol. The molecule has 2 rings (SSSR count). The van der Waals surface area contributed by atoms with Crippen LogP contribution in [0.4, 0.5) is 0 Å². The highest BCUT2D eigenvalue weighted by Gasteiger charge is 2.21. The molecule has 3 N–H and O–H groups in total. The minimum Gasteiger partial charge on any atom is -0.493 e. The first-order chi connectivity index (χ1) is 14.4. The van der Waals surface area contributed by atoms with Gasteiger partial charge < -0.3 is 20.1 Å². The summed E-state index contributed by atoms with van der Waals surface area (Å²) in [5.41, 5.74) is 1.86. The van der Waals surface area contributed by atoms with E-state index in [4.69, 9.17) is 4.74 Å². The highest BCUT2D eigenvalue weighted by Crippen LogP contribution is 2.29. The number of aromatic amines is 1. The molecule has 0 bridgehead atoms. The summed E-state index contributed by atoms with van der Waals surface area (Å²) < 4.78 is 5.80. The molecule has 2 aromatic rings. The summed E-state index contributed by atoms with van der Waals surface area (Å²) in [5.74, 6) is -0.799. The summed E-state index contributed by atoms with van der Waals surface area (Å²) in [7, 11) is 0. The number of carboxylic acids is 1. The maximum atomic E-state index is 12.6. The molecule has 1 atom stereocenters. The molecule has 1 aromatic carbocycles. The number of hydrogen-bond donors (Lipinski definition) is 3. The number of hydrogen-bond acceptors (Lipinski definition) is 5. The van der Waals surface area contributed by atoms with E-state index in [0.29, 0.717) is 47.8 Å². The lowest BCUT2D eigenvalue weighted by atomic mass is 10.1. The van der Waals surface area contributed by atoms with E-state index < -0.39 is 17.9 Å². The molecule has 1 amide bonds. The van der Waals surface area contributed by atoms with Crippen LogP contribution in [0.25, 0.3) is 11.4 Å². The van der Waals surface area contributed by atoms with E-state index >= 15 is 0 Å². The number of ether oxygens (including phenoxy) is 1. The Kier molecular flexibility index (Phi) is 8.15. The van der Waals surface area contributed by atoms with Crippen LogP contribution in [0.1, 0.15) is 62.2 Å². The molecule has 0 saturated carbocycles. The smallest absolute Gasteiger partial charge is 0.326 e. The Labute approximate surface area is 175 Å². The van der Waals surface area contributed by atoms with Crippen LogP contribution >= 0.6 is 0 Å². The molecule has 8 heteroatoms. The number of aromatic nitrogens is 2. The molecule has 0 aliphatic carbocycles. The molecule has 1 heterocycles. The minimum absolute atomic E-state index is 0.215. The SMILES string of the molecule is CCCOc1ccc(C(=O)NC(CC)C(=O)O)cc1-c1nc(CC)c(CC)c(=O)[nH]1. The van der Waals surface area contributed by atoms with Crippen molar-refractivity contribution >= 4 is 11.9 Å². The zero-order chi connectivity index (χ0) is 22.3. The molecule has 30 heavy (non-hydrogen) atoms. The predicted molar refractivity (Wildman–Crippen MR) is 114 cm³/mol. The lowest BCUT2D eigenvalue weighted by molar-refractivity contribution is -0.139. The molecule has 1 unspecified atom stereocenters. The lowest BCUT2D eigenvalue weighted by Crippen LogP contribution is -2.40. The largest absolute Gasteiger partial charge is 0.493 e. The molecule has 0 fully saturated rings. The first-order valence-electron chi connectivity index (χ1n) is 10.3. The number of carboxylic acid groups (broad SMARTS) is 1. The van der Waals surface area contributed by atoms with Gasteiger partial charge in [0.15, 0.2) is 0 Å². The van der Waals surface area contributed by atoms with E-state index in [-0.39, 0.29) is 17.5 Å². The molecule has 0 spiro atoms. The van der Waals surface area contributed by atoms with Gasteiger partial charge in [0.25, 0.3) is 11.5 Å². The number of rotatable bonds is 10. The van der Waals surface area contributed by atoms with E-state index in [2.05, 4.69) is 15.3 Å². The average Bonchev–Trinajstić information content (AvgIpc) is 2.74. The molecule has 0 saturated heterocycles. The number of nitrogens with one attached hydrogen (secondary N) is 2. The number of carbonyl (C=O) groups is 2. The maximum Gasteiger partial charge on any atom is 0.326 e. The Balaban J connectivity index is 2.55. The van der Waals surface area contributed by atoms with E-state index in [1.165, 1.54) is 0 Å². The summed E-state index contributed by atoms with van der Waals surface area (Å²) in [4.78, 5) is 43.8. The first-order valence-corrected chi connectivity index (χ1v) is 10.3. The summed E-state index contributed by atoms with van der Waals surface area (Å²) in [6.07, 6.45) is 2.22. The summed E-state index contributed by atoms with van der Waals surface area (Å²) in [6.45, 7) is 7.96. The molecular formula is C22H29N3O5. The van der Waals surface area contributed by atoms with Gasteiger partial charge in [-0.05, 0) is 43.9 Å². The molecular weight excluding hydrogens is 386 g/mol. The quantitative estimate of drug-likeness (QED) is 0.548. The number of H-pyrrole nitrogens is 1. The molecule has 0 radical (unpaired) electrons. The highest BCUT2D eigenvalue weighted by atomic mass is 16.5. The zero-order valence-electron chi connectivity index (χ0n) is 17.9. The van der Waals surface area contributed by atoms with Crippen molar-refractivity contribution in [1.82, 2.24) is 15.3 Å². The minimum atomic E-state index is -1.09. The van der Waals surface area contributed by atoms with Gasteiger partial charge >= 0.3 is 5.97 Å². The van der Waals surface area contributed by atoms with E-state index in [1.807, 2.05) is 20.8 Å². The predicted octanol–water partition coefficient (Wildman–Crippen LogP) is 2.94. The van der Waals surface area contributed by atoms with Crippen molar-refractivity contribution in [2.45, 2.75) is 59.4 Å². The fourth-order valence-electron chi connectivity index (χ4n) is 3.10. The van der Waals surface area contributed by atoms with Crippen molar-refractivity contribution in [2.75, 3.05) is 6.61 Å². The lowest BCUT2D eigenvalue weighted by Gasteiger charge is -2.15. The number of aryl methyl sites for hydroxylation is 1. The Bertz CT molecular complexity index is 968. The summed E-state index contributed by atoms with van der Waals surface area (Å²) >= 11 is 0. The van der Waals surface area contributed by atoms with Crippen LogP contribution in [0.3, 0.4) is 0 Å². The Morgan fingerprint density at radius 1 is 1.20 bits per heavy atom. The zero-order valence-corrected chi connectivity index (χ0v) is 17.9. The van der Waals surface area contributed by atoms with E-state index in [0.717, 1.165) is 6.42 Å². The number of aliphatic carboxylic acids is 1. The molecule has 162 valence electrons. The van der Waals surface area contributed by atoms with Gasteiger partial charge in [-0.1, -0.05) is 27.7 Å². The number of nitrogens with zero attached hydrogens (tertiary/aromatic N) is 1. The van der Waals surface area contributed by atoms with Crippen molar-refractivity contribution in [3.05, 3.63) is 45.4 Å². The summed E-state index contributed by atoms with van der Waals surface area (Å²) in [6, 6.07) is 3.79. The van der Waals surface area contributed by atoms with Gasteiger partial charge in [-0.3, -0.25) is 9.59 Å². The van der Waals surface area contributed by atoms with E-state index in [1.54, 1.807) is 25.1 Å². The number of carbonyl (C=O) groups excluding carboxylic acids is 1. The third-order valence-corrected chi connectivity index (χ3v) is 4.76. The second-order valence-electron chi connectivity index (χ2n) is 6.88. The Morgan fingerprint density at radius 3 is 2.50 bits per heavy atom. The van der Waals surface area contributed by atoms with Gasteiger partial charge in [0.2, 0.25) is 0 Å². The van der Waals surface area contributed by atoms with Crippen molar-refractivity contribution in [1.29, 1.82) is 0 Å². The second kappa shape index (κ2) is 10.6. The van der Waals surface area contributed by atoms with Crippen LogP contribution in [-0.2, 0) is 17.6 Å². The number of benzene rings is 1. The number of amides is 1. The highest BCUT2D eigenvalue weighted by molar-refractivity contribution is 5.97. The second-order valence-corrected chi connectivity index (χ2v) is 6.88.